The van der Waals surface area contributed by atoms with Gasteiger partial charge in [-0.3, -0.25) is 9.36 Å². The van der Waals surface area contributed by atoms with Crippen LogP contribution in [0.2, 0.25) is 5.02 Å². The third-order valence-electron chi connectivity index (χ3n) is 5.57. The highest BCUT2D eigenvalue weighted by atomic mass is 35.5. The van der Waals surface area contributed by atoms with Crippen molar-refractivity contribution in [1.82, 2.24) is 9.29 Å². The Morgan fingerprint density at radius 1 is 1.00 bits per heavy atom. The lowest BCUT2D eigenvalue weighted by atomic mass is 10.0. The molecule has 0 amide bonds. The predicted octanol–water partition coefficient (Wildman–Crippen LogP) is 5.42. The number of thiazole rings is 1. The Hall–Kier alpha value is -2.45. The third kappa shape index (κ3) is 4.66. The molecule has 166 valence electrons. The van der Waals surface area contributed by atoms with E-state index in [2.05, 4.69) is 4.72 Å². The van der Waals surface area contributed by atoms with Crippen molar-refractivity contribution < 1.29 is 8.42 Å². The van der Waals surface area contributed by atoms with Gasteiger partial charge in [-0.15, -0.1) is 0 Å². The van der Waals surface area contributed by atoms with Crippen LogP contribution in [0, 0.1) is 13.8 Å². The average molecular weight is 487 g/mol. The minimum atomic E-state index is -3.76. The van der Waals surface area contributed by atoms with Crippen LogP contribution in [-0.4, -0.2) is 13.0 Å². The molecule has 1 N–H and O–H groups in total. The number of hydrogen-bond acceptors (Lipinski definition) is 4. The molecule has 0 fully saturated rings. The first-order valence-corrected chi connectivity index (χ1v) is 12.8. The highest BCUT2D eigenvalue weighted by molar-refractivity contribution is 7.89. The molecule has 1 heterocycles. The van der Waals surface area contributed by atoms with Gasteiger partial charge in [0.2, 0.25) is 10.0 Å². The Balaban J connectivity index is 1.62. The highest BCUT2D eigenvalue weighted by Gasteiger charge is 2.20. The molecule has 1 atom stereocenters. The Bertz CT molecular complexity index is 1460. The zero-order valence-electron chi connectivity index (χ0n) is 17.9. The molecule has 0 saturated heterocycles. The topological polar surface area (TPSA) is 68.2 Å². The fourth-order valence-electron chi connectivity index (χ4n) is 3.54. The number of hydrogen-bond donors (Lipinski definition) is 1. The second kappa shape index (κ2) is 8.83. The molecule has 0 unspecified atom stereocenters. The van der Waals surface area contributed by atoms with E-state index >= 15 is 0 Å². The quantitative estimate of drug-likeness (QED) is 0.395. The fraction of sp³-hybridized carbons (Fsp3) is 0.208. The molecule has 0 aliphatic heterocycles. The number of halogens is 1. The zero-order valence-corrected chi connectivity index (χ0v) is 20.3. The first-order valence-electron chi connectivity index (χ1n) is 10.1. The summed E-state index contributed by atoms with van der Waals surface area (Å²) < 4.78 is 31.1. The number of rotatable bonds is 6. The molecule has 8 heteroatoms. The van der Waals surface area contributed by atoms with Crippen LogP contribution in [0.1, 0.15) is 35.2 Å². The minimum Gasteiger partial charge on any atom is -0.294 e. The van der Waals surface area contributed by atoms with Gasteiger partial charge >= 0.3 is 4.87 Å². The van der Waals surface area contributed by atoms with E-state index in [-0.39, 0.29) is 15.8 Å². The normalized spacial score (nSPS) is 12.9. The van der Waals surface area contributed by atoms with Gasteiger partial charge in [0.05, 0.1) is 21.7 Å². The molecule has 0 aliphatic carbocycles. The van der Waals surface area contributed by atoms with E-state index < -0.39 is 10.0 Å². The standard InChI is InChI=1S/C24H23ClN2O3S2/c1-15-4-7-19(12-16(15)2)17(3)26-32(29,30)21-10-11-22-23(13-21)31-24(28)27(22)14-18-5-8-20(25)9-6-18/h4-13,17,26H,14H2,1-3H3/t17-/m0/s1. The number of nitrogens with one attached hydrogen (secondary N) is 1. The molecular weight excluding hydrogens is 464 g/mol. The second-order valence-electron chi connectivity index (χ2n) is 7.90. The van der Waals surface area contributed by atoms with Crippen molar-refractivity contribution in [2.45, 2.75) is 38.3 Å². The maximum atomic E-state index is 13.0. The largest absolute Gasteiger partial charge is 0.308 e. The molecule has 1 aromatic heterocycles. The van der Waals surface area contributed by atoms with E-state index in [4.69, 9.17) is 11.6 Å². The van der Waals surface area contributed by atoms with Gasteiger partial charge in [0.15, 0.2) is 0 Å². The Kier molecular flexibility index (Phi) is 6.27. The predicted molar refractivity (Wildman–Crippen MR) is 131 cm³/mol. The molecule has 0 spiro atoms. The maximum absolute atomic E-state index is 13.0. The van der Waals surface area contributed by atoms with Crippen LogP contribution >= 0.6 is 22.9 Å². The summed E-state index contributed by atoms with van der Waals surface area (Å²) in [6, 6.07) is 17.6. The molecule has 3 aromatic carbocycles. The van der Waals surface area contributed by atoms with Gasteiger partial charge in [0.25, 0.3) is 0 Å². The van der Waals surface area contributed by atoms with Crippen LogP contribution in [0.4, 0.5) is 0 Å². The summed E-state index contributed by atoms with van der Waals surface area (Å²) in [6.45, 7) is 6.24. The Labute approximate surface area is 196 Å². The van der Waals surface area contributed by atoms with Gasteiger partial charge in [0.1, 0.15) is 0 Å². The summed E-state index contributed by atoms with van der Waals surface area (Å²) >= 11 is 6.98. The smallest absolute Gasteiger partial charge is 0.294 e. The summed E-state index contributed by atoms with van der Waals surface area (Å²) in [6.07, 6.45) is 0. The lowest BCUT2D eigenvalue weighted by Gasteiger charge is -2.16. The molecule has 0 bridgehead atoms. The highest BCUT2D eigenvalue weighted by Crippen LogP contribution is 2.25. The number of fused-ring (bicyclic) bond motifs is 1. The van der Waals surface area contributed by atoms with E-state index in [1.165, 1.54) is 0 Å². The van der Waals surface area contributed by atoms with E-state index in [1.807, 2.05) is 51.1 Å². The molecular formula is C24H23ClN2O3S2. The van der Waals surface area contributed by atoms with Crippen molar-refractivity contribution in [3.05, 3.63) is 97.6 Å². The molecule has 4 aromatic rings. The van der Waals surface area contributed by atoms with Gasteiger partial charge in [-0.2, -0.15) is 0 Å². The van der Waals surface area contributed by atoms with E-state index in [9.17, 15) is 13.2 Å². The fourth-order valence-corrected chi connectivity index (χ4v) is 5.93. The van der Waals surface area contributed by atoms with Gasteiger partial charge < -0.3 is 0 Å². The Morgan fingerprint density at radius 3 is 2.41 bits per heavy atom. The SMILES string of the molecule is Cc1ccc([C@H](C)NS(=O)(=O)c2ccc3c(c2)sc(=O)n3Cc2ccc(Cl)cc2)cc1C. The van der Waals surface area contributed by atoms with Gasteiger partial charge in [-0.1, -0.05) is 53.3 Å². The maximum Gasteiger partial charge on any atom is 0.308 e. The molecule has 5 nitrogen and oxygen atoms in total. The summed E-state index contributed by atoms with van der Waals surface area (Å²) in [7, 11) is -3.76. The van der Waals surface area contributed by atoms with Crippen molar-refractivity contribution in [2.24, 2.45) is 0 Å². The summed E-state index contributed by atoms with van der Waals surface area (Å²) in [4.78, 5) is 12.6. The van der Waals surface area contributed by atoms with Crippen LogP contribution < -0.4 is 9.60 Å². The van der Waals surface area contributed by atoms with Crippen molar-refractivity contribution in [2.75, 3.05) is 0 Å². The van der Waals surface area contributed by atoms with Crippen LogP contribution in [0.3, 0.4) is 0 Å². The summed E-state index contributed by atoms with van der Waals surface area (Å²) in [5, 5.41) is 0.633. The van der Waals surface area contributed by atoms with E-state index in [0.717, 1.165) is 33.6 Å². The number of aromatic nitrogens is 1. The lowest BCUT2D eigenvalue weighted by molar-refractivity contribution is 0.567. The zero-order chi connectivity index (χ0) is 23.0. The van der Waals surface area contributed by atoms with Crippen LogP contribution in [0.5, 0.6) is 0 Å². The first-order chi connectivity index (χ1) is 15.1. The molecule has 4 rings (SSSR count). The monoisotopic (exact) mass is 486 g/mol. The second-order valence-corrected chi connectivity index (χ2v) is 11.0. The van der Waals surface area contributed by atoms with Crippen LogP contribution in [0.15, 0.2) is 70.4 Å². The van der Waals surface area contributed by atoms with Crippen molar-refractivity contribution in [1.29, 1.82) is 0 Å². The number of nitrogens with zero attached hydrogens (tertiary/aromatic N) is 1. The number of benzene rings is 3. The molecule has 32 heavy (non-hydrogen) atoms. The van der Waals surface area contributed by atoms with Gasteiger partial charge in [-0.25, -0.2) is 13.1 Å². The lowest BCUT2D eigenvalue weighted by Crippen LogP contribution is -2.27. The summed E-state index contributed by atoms with van der Waals surface area (Å²) in [5.74, 6) is 0. The van der Waals surface area contributed by atoms with Gasteiger partial charge in [-0.05, 0) is 73.4 Å². The van der Waals surface area contributed by atoms with Gasteiger partial charge in [0, 0.05) is 11.1 Å². The van der Waals surface area contributed by atoms with E-state index in [1.54, 1.807) is 34.9 Å². The van der Waals surface area contributed by atoms with Crippen molar-refractivity contribution >= 4 is 43.2 Å². The van der Waals surface area contributed by atoms with Crippen molar-refractivity contribution in [3.63, 3.8) is 0 Å². The van der Waals surface area contributed by atoms with Crippen LogP contribution in [0.25, 0.3) is 10.2 Å². The van der Waals surface area contributed by atoms with Crippen LogP contribution in [-0.2, 0) is 16.6 Å². The molecule has 0 radical (unpaired) electrons. The number of sulfonamides is 1. The Morgan fingerprint density at radius 2 is 1.72 bits per heavy atom. The molecule has 0 saturated carbocycles. The minimum absolute atomic E-state index is 0.138. The third-order valence-corrected chi connectivity index (χ3v) is 8.30. The van der Waals surface area contributed by atoms with Crippen molar-refractivity contribution in [3.8, 4) is 0 Å². The summed E-state index contributed by atoms with van der Waals surface area (Å²) in [5.41, 5.74) is 4.82. The first kappa shape index (κ1) is 22.7. The average Bonchev–Trinajstić information content (AvgIpc) is 3.05. The number of aryl methyl sites for hydroxylation is 2. The molecule has 0 aliphatic rings. The van der Waals surface area contributed by atoms with E-state index in [0.29, 0.717) is 21.8 Å².